The minimum Gasteiger partial charge on any atom is -0.496 e. The Bertz CT molecular complexity index is 1580. The van der Waals surface area contributed by atoms with E-state index < -0.39 is 0 Å². The van der Waals surface area contributed by atoms with Crippen molar-refractivity contribution in [1.29, 1.82) is 0 Å². The number of halogens is 2. The molecular weight excluding hydrogens is 610 g/mol. The standard InChI is InChI=1S/C26H17Br2N3O2S2/c1-33-21-11-15-7-3-2-6-14(15)10-17(21)24(32)31-26(34)30-23-18(12-16(27)13-19(23)28)25-29-20-8-4-5-9-22(20)35-25/h2-13H,1H3,(H2,30,31,32,34). The minimum absolute atomic E-state index is 0.163. The number of nitrogens with one attached hydrogen (secondary N) is 2. The van der Waals surface area contributed by atoms with Crippen LogP contribution in [0.4, 0.5) is 5.69 Å². The maximum absolute atomic E-state index is 13.1. The SMILES string of the molecule is COc1cc2ccccc2cc1C(=O)NC(=S)Nc1c(Br)cc(Br)cc1-c1nc2ccccc2s1. The molecule has 1 aromatic heterocycles. The molecule has 174 valence electrons. The molecule has 5 aromatic rings. The number of aromatic nitrogens is 1. The molecule has 0 atom stereocenters. The van der Waals surface area contributed by atoms with Gasteiger partial charge in [-0.1, -0.05) is 52.3 Å². The number of rotatable bonds is 4. The molecule has 35 heavy (non-hydrogen) atoms. The summed E-state index contributed by atoms with van der Waals surface area (Å²) in [7, 11) is 1.54. The van der Waals surface area contributed by atoms with E-state index in [9.17, 15) is 4.79 Å². The lowest BCUT2D eigenvalue weighted by Gasteiger charge is -2.16. The Hall–Kier alpha value is -2.85. The first-order valence-electron chi connectivity index (χ1n) is 10.5. The summed E-state index contributed by atoms with van der Waals surface area (Å²) in [4.78, 5) is 17.9. The van der Waals surface area contributed by atoms with Gasteiger partial charge in [-0.25, -0.2) is 4.98 Å². The number of thiazole rings is 1. The maximum atomic E-state index is 13.1. The smallest absolute Gasteiger partial charge is 0.261 e. The maximum Gasteiger partial charge on any atom is 0.261 e. The average molecular weight is 627 g/mol. The lowest BCUT2D eigenvalue weighted by molar-refractivity contribution is 0.0975. The molecule has 0 unspecified atom stereocenters. The van der Waals surface area contributed by atoms with Gasteiger partial charge in [0.2, 0.25) is 0 Å². The Morgan fingerprint density at radius 2 is 1.71 bits per heavy atom. The van der Waals surface area contributed by atoms with Crippen LogP contribution >= 0.6 is 55.4 Å². The number of nitrogens with zero attached hydrogens (tertiary/aromatic N) is 1. The molecule has 0 aliphatic rings. The summed E-state index contributed by atoms with van der Waals surface area (Å²) < 4.78 is 8.22. The number of methoxy groups -OCH3 is 1. The second kappa shape index (κ2) is 10.0. The second-order valence-corrected chi connectivity index (χ2v) is 10.8. The fourth-order valence-electron chi connectivity index (χ4n) is 3.74. The second-order valence-electron chi connectivity index (χ2n) is 7.60. The number of carbonyl (C=O) groups is 1. The Morgan fingerprint density at radius 3 is 2.46 bits per heavy atom. The van der Waals surface area contributed by atoms with Crippen molar-refractivity contribution < 1.29 is 9.53 Å². The van der Waals surface area contributed by atoms with E-state index in [1.54, 1.807) is 24.5 Å². The molecule has 4 aromatic carbocycles. The van der Waals surface area contributed by atoms with Crippen LogP contribution in [0.2, 0.25) is 0 Å². The van der Waals surface area contributed by atoms with E-state index in [0.717, 1.165) is 40.5 Å². The number of thiocarbonyl (C=S) groups is 1. The van der Waals surface area contributed by atoms with Crippen LogP contribution in [0.3, 0.4) is 0 Å². The molecule has 5 rings (SSSR count). The van der Waals surface area contributed by atoms with E-state index in [1.165, 1.54) is 0 Å². The van der Waals surface area contributed by atoms with Crippen molar-refractivity contribution in [2.24, 2.45) is 0 Å². The molecule has 1 amide bonds. The molecule has 0 saturated carbocycles. The number of hydrogen-bond donors (Lipinski definition) is 2. The number of para-hydroxylation sites is 1. The molecule has 0 radical (unpaired) electrons. The van der Waals surface area contributed by atoms with Gasteiger partial charge in [0.25, 0.3) is 5.91 Å². The monoisotopic (exact) mass is 625 g/mol. The third-order valence-electron chi connectivity index (χ3n) is 5.36. The van der Waals surface area contributed by atoms with Gasteiger partial charge in [0, 0.05) is 14.5 Å². The highest BCUT2D eigenvalue weighted by molar-refractivity contribution is 9.11. The topological polar surface area (TPSA) is 63.2 Å². The molecule has 0 aliphatic carbocycles. The van der Waals surface area contributed by atoms with Gasteiger partial charge in [-0.05, 0) is 75.3 Å². The Morgan fingerprint density at radius 1 is 1.00 bits per heavy atom. The van der Waals surface area contributed by atoms with E-state index in [1.807, 2.05) is 66.7 Å². The minimum atomic E-state index is -0.361. The number of amides is 1. The number of carbonyl (C=O) groups excluding carboxylic acids is 1. The van der Waals surface area contributed by atoms with Crippen LogP contribution in [0, 0.1) is 0 Å². The zero-order valence-corrected chi connectivity index (χ0v) is 23.1. The van der Waals surface area contributed by atoms with Gasteiger partial charge < -0.3 is 10.1 Å². The molecule has 0 fully saturated rings. The van der Waals surface area contributed by atoms with Crippen molar-refractivity contribution in [2.75, 3.05) is 12.4 Å². The van der Waals surface area contributed by atoms with Gasteiger partial charge in [-0.2, -0.15) is 0 Å². The van der Waals surface area contributed by atoms with Gasteiger partial charge in [0.05, 0.1) is 28.6 Å². The summed E-state index contributed by atoms with van der Waals surface area (Å²) in [5.41, 5.74) is 2.89. The highest BCUT2D eigenvalue weighted by atomic mass is 79.9. The van der Waals surface area contributed by atoms with Crippen molar-refractivity contribution >= 4 is 93.1 Å². The summed E-state index contributed by atoms with van der Waals surface area (Å²) >= 11 is 14.3. The number of hydrogen-bond acceptors (Lipinski definition) is 5. The predicted octanol–water partition coefficient (Wildman–Crippen LogP) is 7.78. The normalized spacial score (nSPS) is 10.9. The predicted molar refractivity (Wildman–Crippen MR) is 155 cm³/mol. The first-order valence-corrected chi connectivity index (χ1v) is 13.3. The molecule has 2 N–H and O–H groups in total. The van der Waals surface area contributed by atoms with E-state index in [-0.39, 0.29) is 11.0 Å². The molecular formula is C26H17Br2N3O2S2. The third kappa shape index (κ3) is 4.95. The quantitative estimate of drug-likeness (QED) is 0.200. The van der Waals surface area contributed by atoms with E-state index in [2.05, 4.69) is 42.5 Å². The number of ether oxygens (including phenoxy) is 1. The van der Waals surface area contributed by atoms with Crippen molar-refractivity contribution in [3.63, 3.8) is 0 Å². The summed E-state index contributed by atoms with van der Waals surface area (Å²) in [6.07, 6.45) is 0. The summed E-state index contributed by atoms with van der Waals surface area (Å²) in [6.45, 7) is 0. The Kier molecular flexibility index (Phi) is 6.84. The van der Waals surface area contributed by atoms with E-state index >= 15 is 0 Å². The molecule has 0 aliphatic heterocycles. The van der Waals surface area contributed by atoms with Crippen LogP contribution in [-0.2, 0) is 0 Å². The van der Waals surface area contributed by atoms with Crippen LogP contribution in [0.15, 0.2) is 81.7 Å². The highest BCUT2D eigenvalue weighted by Crippen LogP contribution is 2.40. The van der Waals surface area contributed by atoms with Crippen LogP contribution < -0.4 is 15.4 Å². The summed E-state index contributed by atoms with van der Waals surface area (Å²) in [6, 6.07) is 23.3. The molecule has 9 heteroatoms. The first-order chi connectivity index (χ1) is 16.9. The number of anilines is 1. The molecule has 0 saturated heterocycles. The summed E-state index contributed by atoms with van der Waals surface area (Å²) in [5, 5.41) is 8.88. The number of benzene rings is 4. The fourth-order valence-corrected chi connectivity index (χ4v) is 6.24. The zero-order valence-electron chi connectivity index (χ0n) is 18.3. The summed E-state index contributed by atoms with van der Waals surface area (Å²) in [5.74, 6) is 0.115. The van der Waals surface area contributed by atoms with Crippen LogP contribution in [-0.4, -0.2) is 23.1 Å². The molecule has 0 spiro atoms. The Balaban J connectivity index is 1.44. The third-order valence-corrected chi connectivity index (χ3v) is 7.71. The average Bonchev–Trinajstić information content (AvgIpc) is 3.28. The van der Waals surface area contributed by atoms with E-state index in [0.29, 0.717) is 17.0 Å². The van der Waals surface area contributed by atoms with E-state index in [4.69, 9.17) is 21.9 Å². The van der Waals surface area contributed by atoms with Crippen molar-refractivity contribution in [2.45, 2.75) is 0 Å². The van der Waals surface area contributed by atoms with Crippen molar-refractivity contribution in [1.82, 2.24) is 10.3 Å². The lowest BCUT2D eigenvalue weighted by atomic mass is 10.1. The van der Waals surface area contributed by atoms with Crippen molar-refractivity contribution in [3.8, 4) is 16.3 Å². The largest absolute Gasteiger partial charge is 0.496 e. The van der Waals surface area contributed by atoms with Gasteiger partial charge >= 0.3 is 0 Å². The first kappa shape index (κ1) is 23.9. The van der Waals surface area contributed by atoms with Crippen LogP contribution in [0.25, 0.3) is 31.6 Å². The molecule has 5 nitrogen and oxygen atoms in total. The van der Waals surface area contributed by atoms with Gasteiger partial charge in [-0.3, -0.25) is 10.1 Å². The van der Waals surface area contributed by atoms with Crippen LogP contribution in [0.5, 0.6) is 5.75 Å². The fraction of sp³-hybridized carbons (Fsp3) is 0.0385. The van der Waals surface area contributed by atoms with Gasteiger partial charge in [-0.15, -0.1) is 11.3 Å². The highest BCUT2D eigenvalue weighted by Gasteiger charge is 2.19. The van der Waals surface area contributed by atoms with Gasteiger partial charge in [0.15, 0.2) is 5.11 Å². The van der Waals surface area contributed by atoms with Crippen molar-refractivity contribution in [3.05, 3.63) is 87.3 Å². The zero-order chi connectivity index (χ0) is 24.5. The van der Waals surface area contributed by atoms with Gasteiger partial charge in [0.1, 0.15) is 10.8 Å². The number of fused-ring (bicyclic) bond motifs is 2. The molecule has 0 bridgehead atoms. The lowest BCUT2D eigenvalue weighted by Crippen LogP contribution is -2.34. The Labute approximate surface area is 227 Å². The molecule has 1 heterocycles. The van der Waals surface area contributed by atoms with Crippen LogP contribution in [0.1, 0.15) is 10.4 Å².